The quantitative estimate of drug-likeness (QED) is 0.396. The number of hydrogen-bond acceptors (Lipinski definition) is 4. The van der Waals surface area contributed by atoms with E-state index in [4.69, 9.17) is 4.94 Å². The molecule has 5 heteroatoms. The zero-order valence-electron chi connectivity index (χ0n) is 12.4. The van der Waals surface area contributed by atoms with Crippen LogP contribution in [0.3, 0.4) is 0 Å². The summed E-state index contributed by atoms with van der Waals surface area (Å²) in [7, 11) is 1.76. The van der Waals surface area contributed by atoms with Gasteiger partial charge in [0, 0.05) is 19.6 Å². The molecule has 0 radical (unpaired) electrons. The molecule has 0 fully saturated rings. The van der Waals surface area contributed by atoms with E-state index >= 15 is 0 Å². The van der Waals surface area contributed by atoms with Gasteiger partial charge in [0.15, 0.2) is 0 Å². The highest BCUT2D eigenvalue weighted by Crippen LogP contribution is 2.01. The minimum atomic E-state index is -0.193. The van der Waals surface area contributed by atoms with Crippen LogP contribution in [-0.2, 0) is 9.73 Å². The van der Waals surface area contributed by atoms with E-state index in [1.807, 2.05) is 20.8 Å². The summed E-state index contributed by atoms with van der Waals surface area (Å²) in [5.74, 6) is -0.193. The second-order valence-corrected chi connectivity index (χ2v) is 4.57. The molecule has 0 spiro atoms. The fourth-order valence-corrected chi connectivity index (χ4v) is 1.17. The summed E-state index contributed by atoms with van der Waals surface area (Å²) in [6.45, 7) is 13.8. The predicted octanol–water partition coefficient (Wildman–Crippen LogP) is 2.27. The molecule has 0 aromatic heterocycles. The lowest BCUT2D eigenvalue weighted by molar-refractivity contribution is -0.139. The number of hydroxylamine groups is 2. The molecule has 0 bridgehead atoms. The molecule has 0 heterocycles. The van der Waals surface area contributed by atoms with Gasteiger partial charge in [0.25, 0.3) is 5.91 Å². The molecule has 0 rings (SSSR count). The summed E-state index contributed by atoms with van der Waals surface area (Å²) in [6, 6.07) is 0.0814. The Labute approximate surface area is 115 Å². The highest BCUT2D eigenvalue weighted by molar-refractivity contribution is 6.38. The lowest BCUT2D eigenvalue weighted by Gasteiger charge is -2.14. The fourth-order valence-electron chi connectivity index (χ4n) is 1.17. The van der Waals surface area contributed by atoms with Crippen molar-refractivity contribution in [3.8, 4) is 0 Å². The van der Waals surface area contributed by atoms with Crippen LogP contribution in [0.15, 0.2) is 30.0 Å². The molecule has 1 N–H and O–H groups in total. The van der Waals surface area contributed by atoms with E-state index in [1.165, 1.54) is 0 Å². The van der Waals surface area contributed by atoms with E-state index in [1.54, 1.807) is 18.2 Å². The van der Waals surface area contributed by atoms with Crippen molar-refractivity contribution in [3.63, 3.8) is 0 Å². The average molecular weight is 267 g/mol. The van der Waals surface area contributed by atoms with Gasteiger partial charge in [-0.2, -0.15) is 0 Å². The number of hydrogen-bond donors (Lipinski definition) is 1. The summed E-state index contributed by atoms with van der Waals surface area (Å²) in [5.41, 5.74) is 1.32. The van der Waals surface area contributed by atoms with Crippen molar-refractivity contribution in [2.45, 2.75) is 39.7 Å². The number of rotatable bonds is 9. The van der Waals surface area contributed by atoms with E-state index in [2.05, 4.69) is 23.6 Å². The van der Waals surface area contributed by atoms with Crippen LogP contribution in [0.4, 0.5) is 0 Å². The number of nitrogens with one attached hydrogen (secondary N) is 1. The highest BCUT2D eigenvalue weighted by Gasteiger charge is 2.11. The van der Waals surface area contributed by atoms with Crippen molar-refractivity contribution < 1.29 is 9.73 Å². The summed E-state index contributed by atoms with van der Waals surface area (Å²) < 4.78 is 0. The molecule has 0 aliphatic heterocycles. The molecule has 0 saturated heterocycles. The zero-order valence-corrected chi connectivity index (χ0v) is 12.4. The molecule has 0 aromatic rings. The van der Waals surface area contributed by atoms with Crippen LogP contribution in [-0.4, -0.2) is 36.3 Å². The second kappa shape index (κ2) is 9.33. The van der Waals surface area contributed by atoms with Crippen molar-refractivity contribution in [2.24, 2.45) is 5.16 Å². The van der Waals surface area contributed by atoms with Gasteiger partial charge in [0.05, 0.1) is 0 Å². The van der Waals surface area contributed by atoms with Crippen LogP contribution in [0.25, 0.3) is 0 Å². The van der Waals surface area contributed by atoms with E-state index in [0.717, 1.165) is 12.0 Å². The third-order valence-corrected chi connectivity index (χ3v) is 2.34. The minimum Gasteiger partial charge on any atom is -0.349 e. The Balaban J connectivity index is 4.28. The van der Waals surface area contributed by atoms with E-state index < -0.39 is 0 Å². The molecule has 0 atom stereocenters. The Morgan fingerprint density at radius 1 is 1.53 bits per heavy atom. The van der Waals surface area contributed by atoms with Crippen LogP contribution in [0.1, 0.15) is 33.6 Å². The molecule has 0 aliphatic carbocycles. The standard InChI is InChI=1S/C14H25N3O2/c1-7-12(5)9-10-17(6)19-16-13(8-2)14(18)15-11(3)4/h7,11H,1,5,8-10H2,2-4,6H3,(H,15,18)/b16-13+. The number of allylic oxidation sites excluding steroid dienone is 1. The summed E-state index contributed by atoms with van der Waals surface area (Å²) in [5, 5.41) is 8.22. The predicted molar refractivity (Wildman–Crippen MR) is 78.7 cm³/mol. The number of amides is 1. The summed E-state index contributed by atoms with van der Waals surface area (Å²) in [6.07, 6.45) is 2.98. The average Bonchev–Trinajstić information content (AvgIpc) is 2.35. The van der Waals surface area contributed by atoms with Crippen molar-refractivity contribution in [1.29, 1.82) is 0 Å². The SMILES string of the molecule is C=CC(=C)CCN(C)O/N=C(\CC)C(=O)NC(C)C. The van der Waals surface area contributed by atoms with Gasteiger partial charge < -0.3 is 5.32 Å². The first-order chi connectivity index (χ1) is 8.90. The number of nitrogens with zero attached hydrogens (tertiary/aromatic N) is 2. The van der Waals surface area contributed by atoms with Crippen molar-refractivity contribution >= 4 is 11.6 Å². The first-order valence-electron chi connectivity index (χ1n) is 6.46. The Morgan fingerprint density at radius 2 is 2.16 bits per heavy atom. The molecule has 1 amide bonds. The summed E-state index contributed by atoms with van der Waals surface area (Å²) in [4.78, 5) is 16.9. The third kappa shape index (κ3) is 8.15. The second-order valence-electron chi connectivity index (χ2n) is 4.57. The molecule has 0 unspecified atom stereocenters. The highest BCUT2D eigenvalue weighted by atomic mass is 16.8. The maximum absolute atomic E-state index is 11.7. The van der Waals surface area contributed by atoms with E-state index in [0.29, 0.717) is 18.7 Å². The monoisotopic (exact) mass is 267 g/mol. The van der Waals surface area contributed by atoms with Crippen molar-refractivity contribution in [1.82, 2.24) is 10.4 Å². The molecule has 0 aliphatic rings. The molecule has 108 valence electrons. The normalized spacial score (nSPS) is 11.6. The van der Waals surface area contributed by atoms with Gasteiger partial charge in [-0.15, -0.1) is 5.06 Å². The fraction of sp³-hybridized carbons (Fsp3) is 0.571. The van der Waals surface area contributed by atoms with Crippen molar-refractivity contribution in [2.75, 3.05) is 13.6 Å². The summed E-state index contributed by atoms with van der Waals surface area (Å²) >= 11 is 0. The zero-order chi connectivity index (χ0) is 14.8. The Hall–Kier alpha value is -1.62. The lowest BCUT2D eigenvalue weighted by Crippen LogP contribution is -2.36. The maximum atomic E-state index is 11.7. The van der Waals surface area contributed by atoms with Gasteiger partial charge >= 0.3 is 0 Å². The number of carbonyl (C=O) groups is 1. The molecule has 0 aromatic carbocycles. The third-order valence-electron chi connectivity index (χ3n) is 2.34. The Kier molecular flexibility index (Phi) is 8.53. The van der Waals surface area contributed by atoms with Crippen molar-refractivity contribution in [3.05, 3.63) is 24.8 Å². The molecular formula is C14H25N3O2. The lowest BCUT2D eigenvalue weighted by atomic mass is 10.2. The molecule has 19 heavy (non-hydrogen) atoms. The van der Waals surface area contributed by atoms with Gasteiger partial charge in [0.2, 0.25) is 0 Å². The van der Waals surface area contributed by atoms with Gasteiger partial charge in [-0.25, -0.2) is 0 Å². The first kappa shape index (κ1) is 17.4. The minimum absolute atomic E-state index is 0.0814. The van der Waals surface area contributed by atoms with E-state index in [-0.39, 0.29) is 11.9 Å². The Bertz CT molecular complexity index is 349. The van der Waals surface area contributed by atoms with Gasteiger partial charge in [-0.1, -0.05) is 36.9 Å². The molecule has 0 saturated carbocycles. The molecular weight excluding hydrogens is 242 g/mol. The first-order valence-corrected chi connectivity index (χ1v) is 6.46. The van der Waals surface area contributed by atoms with E-state index in [9.17, 15) is 4.79 Å². The molecule has 5 nitrogen and oxygen atoms in total. The van der Waals surface area contributed by atoms with Crippen LogP contribution < -0.4 is 5.32 Å². The number of carbonyl (C=O) groups excluding carboxylic acids is 1. The Morgan fingerprint density at radius 3 is 2.63 bits per heavy atom. The van der Waals surface area contributed by atoms with Crippen LogP contribution in [0, 0.1) is 0 Å². The van der Waals surface area contributed by atoms with Crippen LogP contribution in [0.5, 0.6) is 0 Å². The van der Waals surface area contributed by atoms with Gasteiger partial charge in [-0.3, -0.25) is 9.73 Å². The van der Waals surface area contributed by atoms with Gasteiger partial charge in [0.1, 0.15) is 5.71 Å². The largest absolute Gasteiger partial charge is 0.349 e. The number of oxime groups is 1. The van der Waals surface area contributed by atoms with Crippen LogP contribution in [0.2, 0.25) is 0 Å². The maximum Gasteiger partial charge on any atom is 0.269 e. The smallest absolute Gasteiger partial charge is 0.269 e. The van der Waals surface area contributed by atoms with Gasteiger partial charge in [-0.05, 0) is 26.7 Å². The topological polar surface area (TPSA) is 53.9 Å². The van der Waals surface area contributed by atoms with Crippen LogP contribution >= 0.6 is 0 Å².